The van der Waals surface area contributed by atoms with E-state index in [1.165, 1.54) is 6.08 Å². The summed E-state index contributed by atoms with van der Waals surface area (Å²) >= 11 is 0. The van der Waals surface area contributed by atoms with Crippen LogP contribution in [0.1, 0.15) is 54.8 Å². The Labute approximate surface area is 185 Å². The van der Waals surface area contributed by atoms with Gasteiger partial charge in [0.05, 0.1) is 13.0 Å². The maximum absolute atomic E-state index is 12.5. The maximum Gasteiger partial charge on any atom is 0.248 e. The summed E-state index contributed by atoms with van der Waals surface area (Å²) < 4.78 is 0. The molecule has 2 aromatic carbocycles. The lowest BCUT2D eigenvalue weighted by atomic mass is 10.0. The zero-order chi connectivity index (χ0) is 21.4. The van der Waals surface area contributed by atoms with Crippen LogP contribution in [0.5, 0.6) is 0 Å². The van der Waals surface area contributed by atoms with Gasteiger partial charge in [-0.05, 0) is 45.4 Å². The molecule has 5 nitrogen and oxygen atoms in total. The van der Waals surface area contributed by atoms with Crippen LogP contribution < -0.4 is 23.0 Å². The lowest BCUT2D eigenvalue weighted by Gasteiger charge is -2.18. The Morgan fingerprint density at radius 3 is 2.43 bits per heavy atom. The van der Waals surface area contributed by atoms with Gasteiger partial charge >= 0.3 is 0 Å². The molecular weight excluding hydrogens is 400 g/mol. The van der Waals surface area contributed by atoms with Crippen LogP contribution in [0.25, 0.3) is 0 Å². The quantitative estimate of drug-likeness (QED) is 0.391. The van der Waals surface area contributed by atoms with Crippen LogP contribution in [0.2, 0.25) is 0 Å². The SMILES string of the molecule is CC(C)=CC(=O)Nc1cccc(C(=O)CC[NH2+]C(C)C(O)c2ccc(C)cc2)c1.[Cl-]. The molecule has 0 saturated heterocycles. The van der Waals surface area contributed by atoms with Crippen molar-refractivity contribution in [2.75, 3.05) is 11.9 Å². The number of allylic oxidation sites excluding steroid dienone is 1. The monoisotopic (exact) mass is 430 g/mol. The molecule has 0 spiro atoms. The Balaban J connectivity index is 0.00000450. The maximum atomic E-state index is 12.5. The average Bonchev–Trinajstić information content (AvgIpc) is 2.67. The van der Waals surface area contributed by atoms with Crippen molar-refractivity contribution in [1.82, 2.24) is 0 Å². The third-order valence-corrected chi connectivity index (χ3v) is 4.70. The first-order valence-corrected chi connectivity index (χ1v) is 9.93. The Bertz CT molecular complexity index is 874. The van der Waals surface area contributed by atoms with E-state index < -0.39 is 6.10 Å². The zero-order valence-corrected chi connectivity index (χ0v) is 18.7. The van der Waals surface area contributed by atoms with Gasteiger partial charge in [0.2, 0.25) is 5.91 Å². The molecule has 2 aromatic rings. The van der Waals surface area contributed by atoms with E-state index in [1.54, 1.807) is 24.3 Å². The summed E-state index contributed by atoms with van der Waals surface area (Å²) in [5.74, 6) is -0.196. The zero-order valence-electron chi connectivity index (χ0n) is 18.0. The van der Waals surface area contributed by atoms with Crippen LogP contribution in [0.3, 0.4) is 0 Å². The lowest BCUT2D eigenvalue weighted by molar-refractivity contribution is -0.693. The molecule has 0 fully saturated rings. The number of Topliss-reactive ketones (excluding diaryl/α,β-unsaturated/α-hetero) is 1. The standard InChI is InChI=1S/C24H30N2O3.ClH/c1-16(2)14-23(28)26-21-7-5-6-20(15-21)22(27)12-13-25-18(4)24(29)19-10-8-17(3)9-11-19;/h5-11,14-15,18,24-25,29H,12-13H2,1-4H3,(H,26,28);1H. The molecule has 6 heteroatoms. The van der Waals surface area contributed by atoms with Gasteiger partial charge in [0.25, 0.3) is 0 Å². The molecule has 2 atom stereocenters. The Hall–Kier alpha value is -2.47. The van der Waals surface area contributed by atoms with Crippen molar-refractivity contribution in [2.45, 2.75) is 46.3 Å². The van der Waals surface area contributed by atoms with E-state index in [1.807, 2.05) is 57.3 Å². The number of benzene rings is 2. The van der Waals surface area contributed by atoms with Crippen molar-refractivity contribution in [3.8, 4) is 0 Å². The number of aryl methyl sites for hydroxylation is 1. The highest BCUT2D eigenvalue weighted by atomic mass is 35.5. The second kappa shape index (κ2) is 12.3. The third kappa shape index (κ3) is 8.11. The van der Waals surface area contributed by atoms with Gasteiger partial charge in [0.15, 0.2) is 5.78 Å². The summed E-state index contributed by atoms with van der Waals surface area (Å²) in [7, 11) is 0. The number of ketones is 1. The highest BCUT2D eigenvalue weighted by molar-refractivity contribution is 6.01. The van der Waals surface area contributed by atoms with Crippen LogP contribution in [0, 0.1) is 6.92 Å². The minimum Gasteiger partial charge on any atom is -1.00 e. The van der Waals surface area contributed by atoms with Crippen LogP contribution in [0.15, 0.2) is 60.2 Å². The highest BCUT2D eigenvalue weighted by Crippen LogP contribution is 2.16. The van der Waals surface area contributed by atoms with E-state index in [0.29, 0.717) is 24.2 Å². The largest absolute Gasteiger partial charge is 1.00 e. The number of anilines is 1. The summed E-state index contributed by atoms with van der Waals surface area (Å²) in [6.45, 7) is 8.25. The first kappa shape index (κ1) is 25.6. The molecule has 30 heavy (non-hydrogen) atoms. The molecule has 0 saturated carbocycles. The summed E-state index contributed by atoms with van der Waals surface area (Å²) in [5, 5.41) is 15.2. The fourth-order valence-corrected chi connectivity index (χ4v) is 3.03. The molecule has 0 aliphatic heterocycles. The molecule has 0 heterocycles. The Morgan fingerprint density at radius 2 is 1.80 bits per heavy atom. The van der Waals surface area contributed by atoms with Gasteiger partial charge in [-0.15, -0.1) is 0 Å². The predicted octanol–water partition coefficient (Wildman–Crippen LogP) is 0.162. The molecule has 162 valence electrons. The first-order valence-electron chi connectivity index (χ1n) is 9.93. The summed E-state index contributed by atoms with van der Waals surface area (Å²) in [6.07, 6.45) is 1.29. The fourth-order valence-electron chi connectivity index (χ4n) is 3.03. The van der Waals surface area contributed by atoms with E-state index in [-0.39, 0.29) is 30.1 Å². The molecule has 1 amide bonds. The molecular formula is C24H31ClN2O3. The molecule has 4 N–H and O–H groups in total. The smallest absolute Gasteiger partial charge is 0.248 e. The van der Waals surface area contributed by atoms with E-state index in [0.717, 1.165) is 16.7 Å². The summed E-state index contributed by atoms with van der Waals surface area (Å²) in [5.41, 5.74) is 4.12. The van der Waals surface area contributed by atoms with Gasteiger partial charge in [-0.25, -0.2) is 0 Å². The molecule has 0 aliphatic rings. The number of aliphatic hydroxyl groups excluding tert-OH is 1. The normalized spacial score (nSPS) is 12.3. The number of halogens is 1. The average molecular weight is 431 g/mol. The van der Waals surface area contributed by atoms with Crippen molar-refractivity contribution in [2.24, 2.45) is 0 Å². The highest BCUT2D eigenvalue weighted by Gasteiger charge is 2.19. The Morgan fingerprint density at radius 1 is 1.13 bits per heavy atom. The molecule has 0 radical (unpaired) electrons. The molecule has 2 rings (SSSR count). The second-order valence-corrected chi connectivity index (χ2v) is 7.70. The Kier molecular flexibility index (Phi) is 10.5. The van der Waals surface area contributed by atoms with Crippen molar-refractivity contribution >= 4 is 17.4 Å². The molecule has 0 aromatic heterocycles. The fraction of sp³-hybridized carbons (Fsp3) is 0.333. The number of hydrogen-bond donors (Lipinski definition) is 3. The third-order valence-electron chi connectivity index (χ3n) is 4.70. The number of carbonyl (C=O) groups is 2. The number of nitrogens with two attached hydrogens (primary N) is 1. The lowest BCUT2D eigenvalue weighted by Crippen LogP contribution is -3.00. The number of quaternary nitrogens is 1. The number of hydrogen-bond acceptors (Lipinski definition) is 3. The number of carbonyl (C=O) groups excluding carboxylic acids is 2. The topological polar surface area (TPSA) is 83.0 Å². The second-order valence-electron chi connectivity index (χ2n) is 7.70. The number of aliphatic hydroxyl groups is 1. The van der Waals surface area contributed by atoms with Crippen LogP contribution in [-0.2, 0) is 4.79 Å². The van der Waals surface area contributed by atoms with E-state index in [4.69, 9.17) is 0 Å². The van der Waals surface area contributed by atoms with Gasteiger partial charge < -0.3 is 28.1 Å². The van der Waals surface area contributed by atoms with Crippen LogP contribution >= 0.6 is 0 Å². The minimum absolute atomic E-state index is 0. The van der Waals surface area contributed by atoms with Gasteiger partial charge in [-0.2, -0.15) is 0 Å². The van der Waals surface area contributed by atoms with Crippen LogP contribution in [-0.4, -0.2) is 29.4 Å². The van der Waals surface area contributed by atoms with Crippen molar-refractivity contribution in [3.05, 3.63) is 76.9 Å². The molecule has 0 bridgehead atoms. The van der Waals surface area contributed by atoms with Crippen molar-refractivity contribution in [1.29, 1.82) is 0 Å². The summed E-state index contributed by atoms with van der Waals surface area (Å²) in [4.78, 5) is 24.4. The van der Waals surface area contributed by atoms with Gasteiger partial charge in [0, 0.05) is 17.3 Å². The van der Waals surface area contributed by atoms with Crippen molar-refractivity contribution in [3.63, 3.8) is 0 Å². The van der Waals surface area contributed by atoms with E-state index in [9.17, 15) is 14.7 Å². The van der Waals surface area contributed by atoms with Gasteiger partial charge in [0.1, 0.15) is 12.1 Å². The number of nitrogens with one attached hydrogen (secondary N) is 1. The van der Waals surface area contributed by atoms with E-state index in [2.05, 4.69) is 5.32 Å². The van der Waals surface area contributed by atoms with Crippen LogP contribution in [0.4, 0.5) is 5.69 Å². The number of amides is 1. The number of rotatable bonds is 9. The summed E-state index contributed by atoms with van der Waals surface area (Å²) in [6, 6.07) is 14.8. The van der Waals surface area contributed by atoms with E-state index >= 15 is 0 Å². The minimum atomic E-state index is -0.584. The molecule has 0 aliphatic carbocycles. The van der Waals surface area contributed by atoms with Gasteiger partial charge in [-0.1, -0.05) is 47.5 Å². The van der Waals surface area contributed by atoms with Gasteiger partial charge in [-0.3, -0.25) is 9.59 Å². The molecule has 2 unspecified atom stereocenters. The first-order chi connectivity index (χ1) is 13.8. The predicted molar refractivity (Wildman–Crippen MR) is 116 cm³/mol. The van der Waals surface area contributed by atoms with Crippen molar-refractivity contribution < 1.29 is 32.4 Å².